The average Bonchev–Trinajstić information content (AvgIpc) is 2.95. The van der Waals surface area contributed by atoms with E-state index >= 15 is 0 Å². The number of ether oxygens (including phenoxy) is 1. The molecule has 6 rings (SSSR count). The van der Waals surface area contributed by atoms with Crippen molar-refractivity contribution in [1.29, 1.82) is 0 Å². The Morgan fingerprint density at radius 2 is 1.57 bits per heavy atom. The lowest BCUT2D eigenvalue weighted by atomic mass is 9.29. The fourth-order valence-electron chi connectivity index (χ4n) is 12.4. The van der Waals surface area contributed by atoms with Gasteiger partial charge in [-0.25, -0.2) is 0 Å². The number of oxime groups is 1. The number of nitrogens with zero attached hydrogens (tertiary/aromatic N) is 1. The molecule has 1 aliphatic heterocycles. The first-order valence-corrected chi connectivity index (χ1v) is 14.7. The molecule has 0 radical (unpaired) electrons. The molecule has 1 heterocycles. The van der Waals surface area contributed by atoms with Gasteiger partial charge in [-0.3, -0.25) is 0 Å². The van der Waals surface area contributed by atoms with Crippen molar-refractivity contribution in [3.63, 3.8) is 0 Å². The Labute approximate surface area is 214 Å². The summed E-state index contributed by atoms with van der Waals surface area (Å²) in [4.78, 5) is 0. The molecule has 35 heavy (non-hydrogen) atoms. The van der Waals surface area contributed by atoms with E-state index in [1.807, 2.05) is 0 Å². The van der Waals surface area contributed by atoms with Crippen LogP contribution >= 0.6 is 0 Å². The quantitative estimate of drug-likeness (QED) is 0.278. The fraction of sp³-hybridized carbons (Fsp3) is 0.906. The molecule has 5 aliphatic carbocycles. The van der Waals surface area contributed by atoms with Crippen LogP contribution in [-0.4, -0.2) is 16.5 Å². The monoisotopic (exact) mass is 481 g/mol. The predicted octanol–water partition coefficient (Wildman–Crippen LogP) is 8.61. The van der Waals surface area contributed by atoms with Crippen LogP contribution in [0, 0.1) is 56.2 Å². The van der Waals surface area contributed by atoms with Gasteiger partial charge in [-0.15, -0.1) is 0 Å². The smallest absolute Gasteiger partial charge is 0.121 e. The Balaban J connectivity index is 1.48. The molecule has 2 unspecified atom stereocenters. The standard InChI is InChI=1S/C32H51NO2/c1-20-18-23-28(7)12-11-25(33-34)27(5,6)22(28)10-13-29(23,8)30(9)15-17-31-16-14-26(3,4)19-24(31)32(20,30)35-21(31)2/h20,22-24,34H,2,10-19H2,1,3-9H3/b33-25-/t20-,22?,23?,24+,28-,29+,30-,31+,32-/m0/s1. The van der Waals surface area contributed by atoms with Crippen molar-refractivity contribution >= 4 is 5.71 Å². The molecule has 196 valence electrons. The first-order valence-electron chi connectivity index (χ1n) is 14.7. The molecule has 3 nitrogen and oxygen atoms in total. The minimum atomic E-state index is -0.0730. The normalized spacial score (nSPS) is 56.9. The van der Waals surface area contributed by atoms with E-state index in [4.69, 9.17) is 4.74 Å². The summed E-state index contributed by atoms with van der Waals surface area (Å²) in [5.41, 5.74) is 2.22. The molecule has 0 aromatic rings. The van der Waals surface area contributed by atoms with Gasteiger partial charge in [0.15, 0.2) is 0 Å². The highest BCUT2D eigenvalue weighted by Gasteiger charge is 2.81. The van der Waals surface area contributed by atoms with E-state index in [0.29, 0.717) is 29.1 Å². The van der Waals surface area contributed by atoms with Crippen LogP contribution in [-0.2, 0) is 4.74 Å². The lowest BCUT2D eigenvalue weighted by Gasteiger charge is -2.75. The van der Waals surface area contributed by atoms with Crippen LogP contribution in [0.4, 0.5) is 0 Å². The second kappa shape index (κ2) is 6.71. The topological polar surface area (TPSA) is 41.8 Å². The van der Waals surface area contributed by atoms with Crippen LogP contribution in [0.3, 0.4) is 0 Å². The highest BCUT2D eigenvalue weighted by Crippen LogP contribution is 2.82. The number of fused-ring (bicyclic) bond motifs is 4. The minimum Gasteiger partial charge on any atom is -0.490 e. The Kier molecular flexibility index (Phi) is 4.67. The van der Waals surface area contributed by atoms with Gasteiger partial charge in [0.1, 0.15) is 5.60 Å². The van der Waals surface area contributed by atoms with Gasteiger partial charge in [0, 0.05) is 22.2 Å². The second-order valence-electron chi connectivity index (χ2n) is 16.2. The molecule has 1 spiro atoms. The number of hydrogen-bond donors (Lipinski definition) is 1. The molecule has 3 heteroatoms. The van der Waals surface area contributed by atoms with E-state index in [2.05, 4.69) is 67.1 Å². The van der Waals surface area contributed by atoms with E-state index in [0.717, 1.165) is 24.3 Å². The third-order valence-electron chi connectivity index (χ3n) is 14.5. The molecule has 2 bridgehead atoms. The molecule has 9 atom stereocenters. The van der Waals surface area contributed by atoms with Crippen molar-refractivity contribution in [2.45, 2.75) is 125 Å². The summed E-state index contributed by atoms with van der Waals surface area (Å²) in [5.74, 6) is 3.56. The molecule has 1 saturated heterocycles. The van der Waals surface area contributed by atoms with E-state index in [-0.39, 0.29) is 32.7 Å². The largest absolute Gasteiger partial charge is 0.490 e. The van der Waals surface area contributed by atoms with E-state index in [9.17, 15) is 5.21 Å². The molecular formula is C32H51NO2. The third kappa shape index (κ3) is 2.49. The fourth-order valence-corrected chi connectivity index (χ4v) is 12.4. The molecule has 5 saturated carbocycles. The zero-order valence-corrected chi connectivity index (χ0v) is 23.9. The number of hydrogen-bond acceptors (Lipinski definition) is 3. The van der Waals surface area contributed by atoms with E-state index in [1.165, 1.54) is 51.4 Å². The summed E-state index contributed by atoms with van der Waals surface area (Å²) in [6.45, 7) is 24.9. The van der Waals surface area contributed by atoms with Gasteiger partial charge >= 0.3 is 0 Å². The van der Waals surface area contributed by atoms with Crippen molar-refractivity contribution in [2.24, 2.45) is 61.3 Å². The summed E-state index contributed by atoms with van der Waals surface area (Å²) in [6, 6.07) is 0. The summed E-state index contributed by atoms with van der Waals surface area (Å²) in [6.07, 6.45) is 12.3. The lowest BCUT2D eigenvalue weighted by Crippen LogP contribution is -2.74. The predicted molar refractivity (Wildman–Crippen MR) is 142 cm³/mol. The Hall–Kier alpha value is -0.990. The van der Waals surface area contributed by atoms with Crippen LogP contribution in [0.1, 0.15) is 120 Å². The minimum absolute atomic E-state index is 0.0321. The average molecular weight is 482 g/mol. The highest BCUT2D eigenvalue weighted by atomic mass is 16.5. The van der Waals surface area contributed by atoms with Crippen LogP contribution in [0.25, 0.3) is 0 Å². The Bertz CT molecular complexity index is 996. The van der Waals surface area contributed by atoms with Gasteiger partial charge in [0.25, 0.3) is 0 Å². The van der Waals surface area contributed by atoms with Crippen molar-refractivity contribution in [1.82, 2.24) is 0 Å². The van der Waals surface area contributed by atoms with Crippen molar-refractivity contribution < 1.29 is 9.94 Å². The van der Waals surface area contributed by atoms with Gasteiger partial charge in [-0.1, -0.05) is 67.1 Å². The van der Waals surface area contributed by atoms with Gasteiger partial charge in [0.2, 0.25) is 0 Å². The number of allylic oxidation sites excluding steroid dienone is 1. The summed E-state index contributed by atoms with van der Waals surface area (Å²) >= 11 is 0. The maximum absolute atomic E-state index is 9.83. The maximum atomic E-state index is 9.83. The van der Waals surface area contributed by atoms with Gasteiger partial charge < -0.3 is 9.94 Å². The highest BCUT2D eigenvalue weighted by molar-refractivity contribution is 5.90. The SMILES string of the molecule is C=C1O[C@@]23[C@@H]4CC(C)(C)CC[C@@]14CC[C@@]2(C)[C@]1(C)CCC2C(C)(C)/C(=N\O)CC[C@]2(C)C1C[C@@H]3C. The first kappa shape index (κ1) is 24.4. The maximum Gasteiger partial charge on any atom is 0.121 e. The first-order chi connectivity index (χ1) is 16.1. The molecule has 6 aliphatic rings. The van der Waals surface area contributed by atoms with Crippen LogP contribution < -0.4 is 0 Å². The van der Waals surface area contributed by atoms with E-state index in [1.54, 1.807) is 0 Å². The summed E-state index contributed by atoms with van der Waals surface area (Å²) in [5, 5.41) is 13.7. The summed E-state index contributed by atoms with van der Waals surface area (Å²) in [7, 11) is 0. The molecular weight excluding hydrogens is 430 g/mol. The molecule has 0 aromatic heterocycles. The molecule has 6 fully saturated rings. The summed E-state index contributed by atoms with van der Waals surface area (Å²) < 4.78 is 7.34. The zero-order chi connectivity index (χ0) is 25.4. The Morgan fingerprint density at radius 1 is 0.886 bits per heavy atom. The van der Waals surface area contributed by atoms with Crippen molar-refractivity contribution in [3.05, 3.63) is 12.3 Å². The number of rotatable bonds is 0. The molecule has 0 aromatic carbocycles. The lowest BCUT2D eigenvalue weighted by molar-refractivity contribution is -0.295. The Morgan fingerprint density at radius 3 is 2.26 bits per heavy atom. The zero-order valence-electron chi connectivity index (χ0n) is 23.9. The molecule has 0 amide bonds. The van der Waals surface area contributed by atoms with Crippen LogP contribution in [0.5, 0.6) is 0 Å². The van der Waals surface area contributed by atoms with Crippen molar-refractivity contribution in [3.8, 4) is 0 Å². The third-order valence-corrected chi connectivity index (χ3v) is 14.5. The van der Waals surface area contributed by atoms with Crippen LogP contribution in [0.2, 0.25) is 0 Å². The van der Waals surface area contributed by atoms with Gasteiger partial charge in [0.05, 0.1) is 11.5 Å². The van der Waals surface area contributed by atoms with Crippen molar-refractivity contribution in [2.75, 3.05) is 0 Å². The van der Waals surface area contributed by atoms with E-state index < -0.39 is 0 Å². The van der Waals surface area contributed by atoms with Crippen LogP contribution in [0.15, 0.2) is 17.5 Å². The van der Waals surface area contributed by atoms with Gasteiger partial charge in [-0.05, 0) is 98.2 Å². The molecule has 1 N–H and O–H groups in total. The van der Waals surface area contributed by atoms with Gasteiger partial charge in [-0.2, -0.15) is 0 Å². The second-order valence-corrected chi connectivity index (χ2v) is 16.2.